The number of hydrogen-bond donors (Lipinski definition) is 3. The number of hydrogen-bond acceptors (Lipinski definition) is 6. The number of carbonyl (C=O) groups is 3. The number of alkyl carbamates (subject to hydrolysis) is 1. The number of aliphatic hydroxyl groups is 1. The number of carbonyl (C=O) groups excluding carboxylic acids is 3. The highest BCUT2D eigenvalue weighted by atomic mass is 16.6. The Bertz CT molecular complexity index is 793. The topological polar surface area (TPSA) is 117 Å². The summed E-state index contributed by atoms with van der Waals surface area (Å²) in [6.07, 6.45) is -1.33. The second-order valence-electron chi connectivity index (χ2n) is 9.79. The molecule has 3 atom stereocenters. The lowest BCUT2D eigenvalue weighted by molar-refractivity contribution is -0.125. The van der Waals surface area contributed by atoms with Gasteiger partial charge in [-0.1, -0.05) is 44.2 Å². The van der Waals surface area contributed by atoms with E-state index in [1.807, 2.05) is 44.2 Å². The fourth-order valence-electron chi connectivity index (χ4n) is 3.51. The standard InChI is InChI=1S/C24H37N3O6/c1-16(2)13-19(26-22(30)33-24(3,4)5)21(29)25-18-11-12-27(14-20(18)28)23(31)32-15-17-9-7-6-8-10-17/h6-10,16,18-20,28H,11-15H2,1-5H3,(H,25,29)(H,26,30)/t18?,19-,20?/m0/s1. The second-order valence-corrected chi connectivity index (χ2v) is 9.79. The van der Waals surface area contributed by atoms with Gasteiger partial charge >= 0.3 is 12.2 Å². The summed E-state index contributed by atoms with van der Waals surface area (Å²) in [6.45, 7) is 9.69. The molecule has 0 spiro atoms. The molecule has 0 radical (unpaired) electrons. The average Bonchev–Trinajstić information content (AvgIpc) is 2.72. The van der Waals surface area contributed by atoms with Crippen molar-refractivity contribution in [2.24, 2.45) is 5.92 Å². The van der Waals surface area contributed by atoms with E-state index < -0.39 is 41.9 Å². The van der Waals surface area contributed by atoms with Crippen LogP contribution in [0.4, 0.5) is 9.59 Å². The van der Waals surface area contributed by atoms with Crippen molar-refractivity contribution in [2.75, 3.05) is 13.1 Å². The van der Waals surface area contributed by atoms with Gasteiger partial charge in [0.2, 0.25) is 5.91 Å². The first-order chi connectivity index (χ1) is 15.4. The van der Waals surface area contributed by atoms with Crippen LogP contribution in [0.25, 0.3) is 0 Å². The van der Waals surface area contributed by atoms with Gasteiger partial charge < -0.3 is 30.1 Å². The minimum absolute atomic E-state index is 0.0485. The average molecular weight is 464 g/mol. The van der Waals surface area contributed by atoms with Crippen LogP contribution in [-0.2, 0) is 20.9 Å². The minimum atomic E-state index is -0.951. The molecule has 2 unspecified atom stereocenters. The third-order valence-electron chi connectivity index (χ3n) is 5.09. The van der Waals surface area contributed by atoms with Gasteiger partial charge in [-0.2, -0.15) is 0 Å². The summed E-state index contributed by atoms with van der Waals surface area (Å²) in [7, 11) is 0. The lowest BCUT2D eigenvalue weighted by Gasteiger charge is -2.36. The first kappa shape index (κ1) is 26.4. The third kappa shape index (κ3) is 9.29. The normalized spacial score (nSPS) is 19.5. The molecule has 1 heterocycles. The zero-order valence-electron chi connectivity index (χ0n) is 20.2. The maximum Gasteiger partial charge on any atom is 0.410 e. The molecule has 1 fully saturated rings. The number of piperidine rings is 1. The van der Waals surface area contributed by atoms with E-state index in [0.717, 1.165) is 5.56 Å². The molecule has 0 aliphatic carbocycles. The predicted molar refractivity (Wildman–Crippen MR) is 123 cm³/mol. The summed E-state index contributed by atoms with van der Waals surface area (Å²) in [6, 6.07) is 8.02. The highest BCUT2D eigenvalue weighted by Crippen LogP contribution is 2.15. The number of aliphatic hydroxyl groups excluding tert-OH is 1. The van der Waals surface area contributed by atoms with E-state index in [2.05, 4.69) is 10.6 Å². The van der Waals surface area contributed by atoms with Crippen LogP contribution >= 0.6 is 0 Å². The Labute approximate surface area is 195 Å². The summed E-state index contributed by atoms with van der Waals surface area (Å²) in [4.78, 5) is 38.8. The van der Waals surface area contributed by atoms with E-state index >= 15 is 0 Å². The molecule has 2 rings (SSSR count). The summed E-state index contributed by atoms with van der Waals surface area (Å²) < 4.78 is 10.6. The fourth-order valence-corrected chi connectivity index (χ4v) is 3.51. The molecule has 0 saturated carbocycles. The van der Waals surface area contributed by atoms with Gasteiger partial charge in [-0.05, 0) is 45.1 Å². The molecule has 9 nitrogen and oxygen atoms in total. The molecule has 1 aromatic rings. The minimum Gasteiger partial charge on any atom is -0.445 e. The van der Waals surface area contributed by atoms with E-state index in [0.29, 0.717) is 19.4 Å². The quantitative estimate of drug-likeness (QED) is 0.572. The molecule has 184 valence electrons. The number of benzene rings is 1. The smallest absolute Gasteiger partial charge is 0.410 e. The van der Waals surface area contributed by atoms with Crippen molar-refractivity contribution in [3.05, 3.63) is 35.9 Å². The molecule has 1 aliphatic rings. The van der Waals surface area contributed by atoms with Crippen molar-refractivity contribution in [1.82, 2.24) is 15.5 Å². The Balaban J connectivity index is 1.87. The third-order valence-corrected chi connectivity index (χ3v) is 5.09. The molecular weight excluding hydrogens is 426 g/mol. The van der Waals surface area contributed by atoms with Gasteiger partial charge in [-0.15, -0.1) is 0 Å². The van der Waals surface area contributed by atoms with E-state index in [1.54, 1.807) is 20.8 Å². The maximum atomic E-state index is 12.9. The van der Waals surface area contributed by atoms with E-state index in [1.165, 1.54) is 4.90 Å². The van der Waals surface area contributed by atoms with Crippen LogP contribution in [0.5, 0.6) is 0 Å². The van der Waals surface area contributed by atoms with Gasteiger partial charge in [0.1, 0.15) is 18.2 Å². The maximum absolute atomic E-state index is 12.9. The summed E-state index contributed by atoms with van der Waals surface area (Å²) in [5.41, 5.74) is 0.198. The molecule has 1 aliphatic heterocycles. The zero-order valence-corrected chi connectivity index (χ0v) is 20.2. The van der Waals surface area contributed by atoms with E-state index in [-0.39, 0.29) is 19.1 Å². The molecule has 9 heteroatoms. The van der Waals surface area contributed by atoms with Crippen LogP contribution in [0.1, 0.15) is 53.0 Å². The summed E-state index contributed by atoms with van der Waals surface area (Å²) in [5.74, 6) is -0.236. The number of amides is 3. The van der Waals surface area contributed by atoms with Crippen molar-refractivity contribution >= 4 is 18.1 Å². The van der Waals surface area contributed by atoms with Crippen molar-refractivity contribution in [3.63, 3.8) is 0 Å². The molecule has 33 heavy (non-hydrogen) atoms. The first-order valence-corrected chi connectivity index (χ1v) is 11.4. The molecule has 1 saturated heterocycles. The van der Waals surface area contributed by atoms with Crippen LogP contribution in [0.15, 0.2) is 30.3 Å². The summed E-state index contributed by atoms with van der Waals surface area (Å²) >= 11 is 0. The Morgan fingerprint density at radius 1 is 1.18 bits per heavy atom. The first-order valence-electron chi connectivity index (χ1n) is 11.4. The number of nitrogens with one attached hydrogen (secondary N) is 2. The van der Waals surface area contributed by atoms with E-state index in [9.17, 15) is 19.5 Å². The Hall–Kier alpha value is -2.81. The van der Waals surface area contributed by atoms with Crippen LogP contribution in [0, 0.1) is 5.92 Å². The van der Waals surface area contributed by atoms with Gasteiger partial charge in [0.05, 0.1) is 18.7 Å². The Morgan fingerprint density at radius 2 is 1.85 bits per heavy atom. The van der Waals surface area contributed by atoms with Gasteiger partial charge in [0.25, 0.3) is 0 Å². The molecular formula is C24H37N3O6. The predicted octanol–water partition coefficient (Wildman–Crippen LogP) is 2.81. The number of β-amino-alcohol motifs (C(OH)–C–C–N with tert-alkyl or cyclic N) is 1. The lowest BCUT2D eigenvalue weighted by atomic mass is 9.99. The van der Waals surface area contributed by atoms with Crippen LogP contribution in [-0.4, -0.2) is 65.0 Å². The van der Waals surface area contributed by atoms with Crippen molar-refractivity contribution < 1.29 is 29.0 Å². The van der Waals surface area contributed by atoms with Crippen LogP contribution < -0.4 is 10.6 Å². The Morgan fingerprint density at radius 3 is 2.42 bits per heavy atom. The lowest BCUT2D eigenvalue weighted by Crippen LogP contribution is -2.58. The number of likely N-dealkylation sites (tertiary alicyclic amines) is 1. The van der Waals surface area contributed by atoms with Gasteiger partial charge in [0.15, 0.2) is 0 Å². The molecule has 1 aromatic carbocycles. The molecule has 0 aromatic heterocycles. The zero-order chi connectivity index (χ0) is 24.6. The van der Waals surface area contributed by atoms with Crippen molar-refractivity contribution in [2.45, 2.75) is 77.9 Å². The van der Waals surface area contributed by atoms with Crippen LogP contribution in [0.2, 0.25) is 0 Å². The van der Waals surface area contributed by atoms with Gasteiger partial charge in [-0.3, -0.25) is 4.79 Å². The highest BCUT2D eigenvalue weighted by molar-refractivity contribution is 5.86. The number of ether oxygens (including phenoxy) is 2. The summed E-state index contributed by atoms with van der Waals surface area (Å²) in [5, 5.41) is 16.0. The highest BCUT2D eigenvalue weighted by Gasteiger charge is 2.34. The van der Waals surface area contributed by atoms with Crippen LogP contribution in [0.3, 0.4) is 0 Å². The fraction of sp³-hybridized carbons (Fsp3) is 0.625. The van der Waals surface area contributed by atoms with Gasteiger partial charge in [-0.25, -0.2) is 9.59 Å². The largest absolute Gasteiger partial charge is 0.445 e. The number of rotatable bonds is 7. The monoisotopic (exact) mass is 463 g/mol. The molecule has 3 amide bonds. The van der Waals surface area contributed by atoms with Crippen molar-refractivity contribution in [3.8, 4) is 0 Å². The molecule has 3 N–H and O–H groups in total. The van der Waals surface area contributed by atoms with E-state index in [4.69, 9.17) is 9.47 Å². The van der Waals surface area contributed by atoms with Gasteiger partial charge in [0, 0.05) is 6.54 Å². The SMILES string of the molecule is CC(C)C[C@H](NC(=O)OC(C)(C)C)C(=O)NC1CCN(C(=O)OCc2ccccc2)CC1O. The molecule has 0 bridgehead atoms. The Kier molecular flexibility index (Phi) is 9.52. The second kappa shape index (κ2) is 11.9. The number of nitrogens with zero attached hydrogens (tertiary/aromatic N) is 1. The van der Waals surface area contributed by atoms with Crippen molar-refractivity contribution in [1.29, 1.82) is 0 Å².